The molecule has 9 heteroatoms. The molecule has 1 heterocycles. The SMILES string of the molecule is CC(C)(C)C(=O)[C@@H](O[Si](C)(C)C(C)(C)C)[C@H](Cc1cc(Cl)c2c(c1)OCO2)NC(=O)O. The highest BCUT2D eigenvalue weighted by molar-refractivity contribution is 6.74. The van der Waals surface area contributed by atoms with Crippen molar-refractivity contribution in [3.63, 3.8) is 0 Å². The van der Waals surface area contributed by atoms with Crippen LogP contribution in [0.4, 0.5) is 4.79 Å². The standard InChI is InChI=1S/C22H34ClNO6Si/c1-21(2,3)19(25)18(30-31(7,8)22(4,5)6)15(24-20(26)27)10-13-9-14(23)17-16(11-13)28-12-29-17/h9,11,15,18,24H,10,12H2,1-8H3,(H,26,27)/t15-,18-/m0/s1. The average Bonchev–Trinajstić information content (AvgIpc) is 3.05. The predicted molar refractivity (Wildman–Crippen MR) is 123 cm³/mol. The highest BCUT2D eigenvalue weighted by atomic mass is 35.5. The molecule has 2 atom stereocenters. The Kier molecular flexibility index (Phi) is 7.40. The summed E-state index contributed by atoms with van der Waals surface area (Å²) in [5.41, 5.74) is 0.0105. The number of rotatable bonds is 7. The number of hydrogen-bond acceptors (Lipinski definition) is 5. The van der Waals surface area contributed by atoms with Crippen LogP contribution in [-0.2, 0) is 15.6 Å². The second-order valence-corrected chi connectivity index (χ2v) is 15.6. The summed E-state index contributed by atoms with van der Waals surface area (Å²) in [5.74, 6) is 0.816. The fraction of sp³-hybridized carbons (Fsp3) is 0.636. The molecule has 1 aromatic rings. The first-order chi connectivity index (χ1) is 14.0. The van der Waals surface area contributed by atoms with Crippen LogP contribution in [0.25, 0.3) is 0 Å². The highest BCUT2D eigenvalue weighted by Crippen LogP contribution is 2.41. The van der Waals surface area contributed by atoms with Gasteiger partial charge in [0.1, 0.15) is 6.10 Å². The number of amides is 1. The number of halogens is 1. The first-order valence-electron chi connectivity index (χ1n) is 10.3. The second-order valence-electron chi connectivity index (χ2n) is 10.5. The first-order valence-corrected chi connectivity index (χ1v) is 13.6. The van der Waals surface area contributed by atoms with E-state index in [-0.39, 0.29) is 24.0 Å². The summed E-state index contributed by atoms with van der Waals surface area (Å²) in [6.07, 6.45) is -1.95. The van der Waals surface area contributed by atoms with E-state index in [1.807, 2.05) is 33.9 Å². The zero-order chi connectivity index (χ0) is 23.8. The quantitative estimate of drug-likeness (QED) is 0.527. The van der Waals surface area contributed by atoms with Crippen LogP contribution < -0.4 is 14.8 Å². The minimum atomic E-state index is -2.39. The van der Waals surface area contributed by atoms with Gasteiger partial charge in [-0.1, -0.05) is 53.1 Å². The van der Waals surface area contributed by atoms with E-state index in [4.69, 9.17) is 25.5 Å². The number of fused-ring (bicyclic) bond motifs is 1. The maximum atomic E-state index is 13.4. The summed E-state index contributed by atoms with van der Waals surface area (Å²) >= 11 is 6.31. The van der Waals surface area contributed by atoms with E-state index in [0.717, 1.165) is 5.56 Å². The van der Waals surface area contributed by atoms with Crippen molar-refractivity contribution in [2.75, 3.05) is 6.79 Å². The molecule has 1 aliphatic heterocycles. The van der Waals surface area contributed by atoms with E-state index < -0.39 is 32.0 Å². The first kappa shape index (κ1) is 25.5. The molecule has 7 nitrogen and oxygen atoms in total. The summed E-state index contributed by atoms with van der Waals surface area (Å²) in [7, 11) is -2.39. The van der Waals surface area contributed by atoms with Crippen LogP contribution in [0.1, 0.15) is 47.1 Å². The molecule has 0 saturated heterocycles. The van der Waals surface area contributed by atoms with Gasteiger partial charge in [0.05, 0.1) is 11.1 Å². The van der Waals surface area contributed by atoms with Crippen LogP contribution in [-0.4, -0.2) is 44.2 Å². The molecular weight excluding hydrogens is 438 g/mol. The number of hydrogen-bond donors (Lipinski definition) is 2. The Labute approximate surface area is 190 Å². The third-order valence-corrected chi connectivity index (χ3v) is 10.6. The zero-order valence-electron chi connectivity index (χ0n) is 19.6. The van der Waals surface area contributed by atoms with E-state index in [2.05, 4.69) is 26.1 Å². The minimum Gasteiger partial charge on any atom is -0.465 e. The van der Waals surface area contributed by atoms with Crippen molar-refractivity contribution < 1.29 is 28.6 Å². The number of carbonyl (C=O) groups excluding carboxylic acids is 1. The zero-order valence-corrected chi connectivity index (χ0v) is 21.3. The molecule has 0 aliphatic carbocycles. The number of carboxylic acid groups (broad SMARTS) is 1. The Morgan fingerprint density at radius 2 is 1.81 bits per heavy atom. The number of ketones is 1. The Morgan fingerprint density at radius 3 is 2.32 bits per heavy atom. The number of ether oxygens (including phenoxy) is 2. The van der Waals surface area contributed by atoms with Crippen LogP contribution >= 0.6 is 11.6 Å². The molecule has 2 N–H and O–H groups in total. The number of benzene rings is 1. The van der Waals surface area contributed by atoms with E-state index in [0.29, 0.717) is 16.5 Å². The van der Waals surface area contributed by atoms with Crippen molar-refractivity contribution in [1.82, 2.24) is 5.32 Å². The van der Waals surface area contributed by atoms with Gasteiger partial charge in [0, 0.05) is 5.41 Å². The lowest BCUT2D eigenvalue weighted by Gasteiger charge is -2.42. The van der Waals surface area contributed by atoms with Gasteiger partial charge in [-0.3, -0.25) is 4.79 Å². The Bertz CT molecular complexity index is 844. The lowest BCUT2D eigenvalue weighted by atomic mass is 9.84. The van der Waals surface area contributed by atoms with Gasteiger partial charge >= 0.3 is 6.09 Å². The van der Waals surface area contributed by atoms with Crippen LogP contribution in [0.5, 0.6) is 11.5 Å². The normalized spacial score (nSPS) is 16.0. The lowest BCUT2D eigenvalue weighted by Crippen LogP contribution is -2.57. The lowest BCUT2D eigenvalue weighted by molar-refractivity contribution is -0.135. The smallest absolute Gasteiger partial charge is 0.404 e. The molecule has 2 rings (SSSR count). The molecule has 0 bridgehead atoms. The van der Waals surface area contributed by atoms with Gasteiger partial charge in [-0.2, -0.15) is 0 Å². The summed E-state index contributed by atoms with van der Waals surface area (Å²) in [4.78, 5) is 25.1. The molecule has 174 valence electrons. The molecule has 0 fully saturated rings. The van der Waals surface area contributed by atoms with E-state index in [1.54, 1.807) is 12.1 Å². The van der Waals surface area contributed by atoms with Gasteiger partial charge in [-0.15, -0.1) is 0 Å². The van der Waals surface area contributed by atoms with Crippen molar-refractivity contribution >= 4 is 31.8 Å². The van der Waals surface area contributed by atoms with Gasteiger partial charge in [0.15, 0.2) is 25.6 Å². The van der Waals surface area contributed by atoms with Crippen LogP contribution in [0, 0.1) is 5.41 Å². The number of nitrogens with one attached hydrogen (secondary N) is 1. The largest absolute Gasteiger partial charge is 0.465 e. The van der Waals surface area contributed by atoms with Gasteiger partial charge in [-0.05, 0) is 42.2 Å². The second kappa shape index (κ2) is 9.00. The Hall–Kier alpha value is -1.77. The molecule has 0 aromatic heterocycles. The molecule has 1 aliphatic rings. The fourth-order valence-electron chi connectivity index (χ4n) is 3.02. The number of Topliss-reactive ketones (excluding diaryl/α,β-unsaturated/α-hetero) is 1. The highest BCUT2D eigenvalue weighted by Gasteiger charge is 2.45. The summed E-state index contributed by atoms with van der Waals surface area (Å²) in [6, 6.07) is 2.67. The van der Waals surface area contributed by atoms with Crippen LogP contribution in [0.3, 0.4) is 0 Å². The van der Waals surface area contributed by atoms with Crippen molar-refractivity contribution in [2.45, 2.75) is 78.2 Å². The van der Waals surface area contributed by atoms with Crippen molar-refractivity contribution in [1.29, 1.82) is 0 Å². The number of carbonyl (C=O) groups is 2. The fourth-order valence-corrected chi connectivity index (χ4v) is 4.57. The van der Waals surface area contributed by atoms with E-state index >= 15 is 0 Å². The molecule has 0 unspecified atom stereocenters. The van der Waals surface area contributed by atoms with E-state index in [9.17, 15) is 14.7 Å². The molecule has 0 saturated carbocycles. The molecule has 0 spiro atoms. The van der Waals surface area contributed by atoms with Gasteiger partial charge in [0.2, 0.25) is 6.79 Å². The Balaban J connectivity index is 2.47. The Morgan fingerprint density at radius 1 is 1.19 bits per heavy atom. The molecule has 1 aromatic carbocycles. The maximum absolute atomic E-state index is 13.4. The van der Waals surface area contributed by atoms with Crippen molar-refractivity contribution in [3.05, 3.63) is 22.7 Å². The van der Waals surface area contributed by atoms with Crippen molar-refractivity contribution in [3.8, 4) is 11.5 Å². The van der Waals surface area contributed by atoms with Crippen LogP contribution in [0.15, 0.2) is 12.1 Å². The topological polar surface area (TPSA) is 94.1 Å². The summed E-state index contributed by atoms with van der Waals surface area (Å²) < 4.78 is 17.3. The predicted octanol–water partition coefficient (Wildman–Crippen LogP) is 5.25. The van der Waals surface area contributed by atoms with Crippen LogP contribution in [0.2, 0.25) is 23.2 Å². The minimum absolute atomic E-state index is 0.0783. The molecule has 31 heavy (non-hydrogen) atoms. The van der Waals surface area contributed by atoms with Gasteiger partial charge in [-0.25, -0.2) is 4.79 Å². The van der Waals surface area contributed by atoms with E-state index in [1.165, 1.54) is 0 Å². The molecule has 0 radical (unpaired) electrons. The molecular formula is C22H34ClNO6Si. The third kappa shape index (κ3) is 6.14. The summed E-state index contributed by atoms with van der Waals surface area (Å²) in [5, 5.41) is 12.3. The van der Waals surface area contributed by atoms with Gasteiger partial charge < -0.3 is 24.3 Å². The maximum Gasteiger partial charge on any atom is 0.404 e. The van der Waals surface area contributed by atoms with Crippen molar-refractivity contribution in [2.24, 2.45) is 5.41 Å². The average molecular weight is 472 g/mol. The third-order valence-electron chi connectivity index (χ3n) is 5.84. The summed E-state index contributed by atoms with van der Waals surface area (Å²) in [6.45, 7) is 15.8. The molecule has 1 amide bonds. The van der Waals surface area contributed by atoms with Gasteiger partial charge in [0.25, 0.3) is 0 Å². The monoisotopic (exact) mass is 471 g/mol.